The number of benzene rings is 2. The van der Waals surface area contributed by atoms with Crippen LogP contribution >= 0.6 is 11.3 Å². The number of nitrogens with zero attached hydrogens (tertiary/aromatic N) is 1. The third-order valence-electron chi connectivity index (χ3n) is 4.00. The van der Waals surface area contributed by atoms with Gasteiger partial charge in [0.15, 0.2) is 20.8 Å². The monoisotopic (exact) mass is 429 g/mol. The van der Waals surface area contributed by atoms with Gasteiger partial charge in [-0.1, -0.05) is 0 Å². The summed E-state index contributed by atoms with van der Waals surface area (Å²) in [6.07, 6.45) is 1.27. The molecule has 150 valence electrons. The zero-order chi connectivity index (χ0) is 21.0. The lowest BCUT2D eigenvalue weighted by Gasteiger charge is -2.05. The Morgan fingerprint density at radius 1 is 1.00 bits per heavy atom. The molecular formula is C20H19N3O4S2. The predicted octanol–water partition coefficient (Wildman–Crippen LogP) is 3.67. The Morgan fingerprint density at radius 2 is 1.62 bits per heavy atom. The molecule has 0 fully saturated rings. The van der Waals surface area contributed by atoms with Crippen LogP contribution in [0.15, 0.2) is 58.8 Å². The maximum atomic E-state index is 12.2. The maximum absolute atomic E-state index is 12.2. The fourth-order valence-corrected chi connectivity index (χ4v) is 3.87. The largest absolute Gasteiger partial charge is 0.332 e. The number of Topliss-reactive ketones (excluding diaryl/α,β-unsaturated/α-hetero) is 1. The molecule has 0 aliphatic carbocycles. The van der Waals surface area contributed by atoms with E-state index in [0.29, 0.717) is 27.8 Å². The van der Waals surface area contributed by atoms with Gasteiger partial charge < -0.3 is 10.6 Å². The molecule has 2 aromatic carbocycles. The third-order valence-corrected chi connectivity index (χ3v) is 5.94. The van der Waals surface area contributed by atoms with Crippen LogP contribution in [-0.4, -0.2) is 31.3 Å². The van der Waals surface area contributed by atoms with E-state index in [1.54, 1.807) is 41.8 Å². The topological polar surface area (TPSA) is 105 Å². The molecule has 0 bridgehead atoms. The Hall–Kier alpha value is -3.04. The van der Waals surface area contributed by atoms with Crippen molar-refractivity contribution in [3.8, 4) is 0 Å². The van der Waals surface area contributed by atoms with Gasteiger partial charge in [0.05, 0.1) is 17.0 Å². The SMILES string of the molecule is CC(=O)c1ccc(NC(=O)Cc2csc(Nc3ccc(S(C)(=O)=O)cc3)n2)cc1. The Morgan fingerprint density at radius 3 is 2.21 bits per heavy atom. The van der Waals surface area contributed by atoms with E-state index in [2.05, 4.69) is 15.6 Å². The normalized spacial score (nSPS) is 11.1. The zero-order valence-electron chi connectivity index (χ0n) is 15.8. The summed E-state index contributed by atoms with van der Waals surface area (Å²) in [7, 11) is -3.24. The van der Waals surface area contributed by atoms with Crippen molar-refractivity contribution in [3.63, 3.8) is 0 Å². The smallest absolute Gasteiger partial charge is 0.230 e. The summed E-state index contributed by atoms with van der Waals surface area (Å²) in [5, 5.41) is 8.25. The number of rotatable bonds is 7. The van der Waals surface area contributed by atoms with Crippen LogP contribution in [0.2, 0.25) is 0 Å². The van der Waals surface area contributed by atoms with Gasteiger partial charge in [0, 0.05) is 28.6 Å². The maximum Gasteiger partial charge on any atom is 0.230 e. The van der Waals surface area contributed by atoms with Crippen molar-refractivity contribution in [2.24, 2.45) is 0 Å². The van der Waals surface area contributed by atoms with Crippen molar-refractivity contribution in [2.45, 2.75) is 18.2 Å². The summed E-state index contributed by atoms with van der Waals surface area (Å²) in [4.78, 5) is 28.1. The van der Waals surface area contributed by atoms with Crippen LogP contribution in [0.4, 0.5) is 16.5 Å². The molecule has 0 saturated heterocycles. The summed E-state index contributed by atoms with van der Waals surface area (Å²) in [5.74, 6) is -0.244. The number of hydrogen-bond acceptors (Lipinski definition) is 7. The van der Waals surface area contributed by atoms with Crippen LogP contribution in [0.3, 0.4) is 0 Å². The summed E-state index contributed by atoms with van der Waals surface area (Å²) in [6, 6.07) is 13.1. The molecule has 1 heterocycles. The molecule has 0 radical (unpaired) electrons. The average Bonchev–Trinajstić information content (AvgIpc) is 3.08. The van der Waals surface area contributed by atoms with Gasteiger partial charge in [-0.25, -0.2) is 13.4 Å². The third kappa shape index (κ3) is 5.72. The Bertz CT molecular complexity index is 1140. The fraction of sp³-hybridized carbons (Fsp3) is 0.150. The van der Waals surface area contributed by atoms with E-state index in [-0.39, 0.29) is 23.0 Å². The number of sulfone groups is 1. The number of ketones is 1. The minimum Gasteiger partial charge on any atom is -0.332 e. The van der Waals surface area contributed by atoms with Gasteiger partial charge in [-0.3, -0.25) is 9.59 Å². The second-order valence-corrected chi connectivity index (χ2v) is 9.30. The lowest BCUT2D eigenvalue weighted by Crippen LogP contribution is -2.14. The van der Waals surface area contributed by atoms with E-state index in [1.807, 2.05) is 0 Å². The van der Waals surface area contributed by atoms with E-state index in [4.69, 9.17) is 0 Å². The van der Waals surface area contributed by atoms with Crippen LogP contribution in [0.1, 0.15) is 23.0 Å². The van der Waals surface area contributed by atoms with Crippen LogP contribution in [0.25, 0.3) is 0 Å². The summed E-state index contributed by atoms with van der Waals surface area (Å²) in [5.41, 5.74) is 2.51. The molecule has 2 N–H and O–H groups in total. The number of thiazole rings is 1. The van der Waals surface area contributed by atoms with Gasteiger partial charge in [0.1, 0.15) is 0 Å². The number of nitrogens with one attached hydrogen (secondary N) is 2. The number of carbonyl (C=O) groups excluding carboxylic acids is 2. The minimum absolute atomic E-state index is 0.0312. The molecule has 29 heavy (non-hydrogen) atoms. The quantitative estimate of drug-likeness (QED) is 0.555. The number of hydrogen-bond donors (Lipinski definition) is 2. The van der Waals surface area contributed by atoms with Crippen molar-refractivity contribution in [1.29, 1.82) is 0 Å². The fourth-order valence-electron chi connectivity index (χ4n) is 2.51. The molecular weight excluding hydrogens is 410 g/mol. The second-order valence-electron chi connectivity index (χ2n) is 6.42. The first-order valence-corrected chi connectivity index (χ1v) is 11.4. The van der Waals surface area contributed by atoms with Gasteiger partial charge >= 0.3 is 0 Å². The van der Waals surface area contributed by atoms with Gasteiger partial charge in [0.25, 0.3) is 0 Å². The highest BCUT2D eigenvalue weighted by molar-refractivity contribution is 7.90. The van der Waals surface area contributed by atoms with Gasteiger partial charge in [-0.05, 0) is 55.5 Å². The van der Waals surface area contributed by atoms with E-state index in [9.17, 15) is 18.0 Å². The molecule has 0 atom stereocenters. The lowest BCUT2D eigenvalue weighted by atomic mass is 10.1. The molecule has 0 aliphatic heterocycles. The molecule has 1 amide bonds. The Kier molecular flexibility index (Phi) is 6.09. The Labute approximate surface area is 172 Å². The molecule has 3 rings (SSSR count). The molecule has 0 spiro atoms. The van der Waals surface area contributed by atoms with Crippen LogP contribution in [-0.2, 0) is 21.1 Å². The average molecular weight is 430 g/mol. The molecule has 1 aromatic heterocycles. The number of aromatic nitrogens is 1. The highest BCUT2D eigenvalue weighted by Gasteiger charge is 2.10. The molecule has 0 unspecified atom stereocenters. The van der Waals surface area contributed by atoms with Crippen molar-refractivity contribution < 1.29 is 18.0 Å². The Balaban J connectivity index is 1.58. The summed E-state index contributed by atoms with van der Waals surface area (Å²) in [6.45, 7) is 1.49. The predicted molar refractivity (Wildman–Crippen MR) is 114 cm³/mol. The van der Waals surface area contributed by atoms with Crippen LogP contribution < -0.4 is 10.6 Å². The zero-order valence-corrected chi connectivity index (χ0v) is 17.4. The lowest BCUT2D eigenvalue weighted by molar-refractivity contribution is -0.115. The van der Waals surface area contributed by atoms with Gasteiger partial charge in [-0.2, -0.15) is 0 Å². The van der Waals surface area contributed by atoms with Crippen molar-refractivity contribution >= 4 is 49.4 Å². The first kappa shape index (κ1) is 20.7. The number of carbonyl (C=O) groups is 2. The molecule has 0 aliphatic rings. The van der Waals surface area contributed by atoms with E-state index in [0.717, 1.165) is 6.26 Å². The first-order valence-electron chi connectivity index (χ1n) is 8.63. The van der Waals surface area contributed by atoms with Crippen molar-refractivity contribution in [1.82, 2.24) is 4.98 Å². The van der Waals surface area contributed by atoms with Gasteiger partial charge in [-0.15, -0.1) is 11.3 Å². The first-order chi connectivity index (χ1) is 13.7. The summed E-state index contributed by atoms with van der Waals surface area (Å²) < 4.78 is 23.0. The molecule has 0 saturated carbocycles. The van der Waals surface area contributed by atoms with E-state index < -0.39 is 9.84 Å². The van der Waals surface area contributed by atoms with Crippen molar-refractivity contribution in [3.05, 3.63) is 65.2 Å². The summed E-state index contributed by atoms with van der Waals surface area (Å²) >= 11 is 1.35. The molecule has 3 aromatic rings. The number of anilines is 3. The van der Waals surface area contributed by atoms with Gasteiger partial charge in [0.2, 0.25) is 5.91 Å². The van der Waals surface area contributed by atoms with Crippen LogP contribution in [0.5, 0.6) is 0 Å². The standard InChI is InChI=1S/C20H19N3O4S2/c1-13(24)14-3-5-15(6-4-14)21-19(25)11-17-12-28-20(23-17)22-16-7-9-18(10-8-16)29(2,26)27/h3-10,12H,11H2,1-2H3,(H,21,25)(H,22,23). The molecule has 7 nitrogen and oxygen atoms in total. The molecule has 9 heteroatoms. The van der Waals surface area contributed by atoms with E-state index in [1.165, 1.54) is 30.4 Å². The van der Waals surface area contributed by atoms with E-state index >= 15 is 0 Å². The highest BCUT2D eigenvalue weighted by atomic mass is 32.2. The second kappa shape index (κ2) is 8.54. The highest BCUT2D eigenvalue weighted by Crippen LogP contribution is 2.22. The number of amides is 1. The van der Waals surface area contributed by atoms with Crippen molar-refractivity contribution in [2.75, 3.05) is 16.9 Å². The minimum atomic E-state index is -3.24. The van der Waals surface area contributed by atoms with Crippen LogP contribution in [0, 0.1) is 0 Å².